The highest BCUT2D eigenvalue weighted by molar-refractivity contribution is 5.93. The van der Waals surface area contributed by atoms with Crippen LogP contribution in [0.5, 0.6) is 5.75 Å². The van der Waals surface area contributed by atoms with Crippen molar-refractivity contribution in [2.75, 3.05) is 13.7 Å². The van der Waals surface area contributed by atoms with E-state index in [2.05, 4.69) is 15.4 Å². The van der Waals surface area contributed by atoms with Crippen LogP contribution >= 0.6 is 0 Å². The number of hydrogen-bond acceptors (Lipinski definition) is 7. The van der Waals surface area contributed by atoms with Crippen molar-refractivity contribution in [3.63, 3.8) is 0 Å². The molecule has 0 aliphatic heterocycles. The van der Waals surface area contributed by atoms with E-state index < -0.39 is 41.6 Å². The Morgan fingerprint density at radius 3 is 2.28 bits per heavy atom. The summed E-state index contributed by atoms with van der Waals surface area (Å²) in [5.74, 6) is -1.75. The summed E-state index contributed by atoms with van der Waals surface area (Å²) in [5, 5.41) is 15.3. The highest BCUT2D eigenvalue weighted by Crippen LogP contribution is 2.41. The molecule has 36 heavy (non-hydrogen) atoms. The molecule has 10 heteroatoms. The van der Waals surface area contributed by atoms with Gasteiger partial charge >= 0.3 is 12.1 Å². The van der Waals surface area contributed by atoms with E-state index in [1.807, 2.05) is 6.92 Å². The zero-order valence-electron chi connectivity index (χ0n) is 22.4. The largest absolute Gasteiger partial charge is 0.508 e. The number of nitrogens with zero attached hydrogens (tertiary/aromatic N) is 1. The van der Waals surface area contributed by atoms with Gasteiger partial charge in [0.05, 0.1) is 7.11 Å². The summed E-state index contributed by atoms with van der Waals surface area (Å²) in [6.45, 7) is 12.1. The molecule has 1 aliphatic rings. The van der Waals surface area contributed by atoms with Crippen molar-refractivity contribution in [1.82, 2.24) is 15.5 Å². The first-order valence-electron chi connectivity index (χ1n) is 12.1. The van der Waals surface area contributed by atoms with Crippen LogP contribution in [0, 0.1) is 18.8 Å². The molecule has 3 N–H and O–H groups in total. The summed E-state index contributed by atoms with van der Waals surface area (Å²) < 4.78 is 10.00. The zero-order chi connectivity index (χ0) is 27.4. The molecule has 2 rings (SSSR count). The number of aryl methyl sites for hydroxylation is 1. The number of alkyl carbamates (subject to hydrolysis) is 1. The third kappa shape index (κ3) is 7.60. The summed E-state index contributed by atoms with van der Waals surface area (Å²) in [6.07, 6.45) is -0.0496. The number of ether oxygens (including phenoxy) is 2. The molecular weight excluding hydrogens is 466 g/mol. The average Bonchev–Trinajstić information content (AvgIpc) is 3.49. The van der Waals surface area contributed by atoms with E-state index >= 15 is 0 Å². The molecule has 1 saturated carbocycles. The van der Waals surface area contributed by atoms with E-state index in [0.29, 0.717) is 17.5 Å². The smallest absolute Gasteiger partial charge is 0.408 e. The number of aromatic hydroxyl groups is 1. The number of esters is 1. The van der Waals surface area contributed by atoms with Crippen LogP contribution in [-0.4, -0.2) is 65.2 Å². The third-order valence-electron chi connectivity index (χ3n) is 5.98. The number of phenolic OH excluding ortho intramolecular Hbond substituents is 1. The lowest BCUT2D eigenvalue weighted by molar-refractivity contribution is -0.146. The maximum absolute atomic E-state index is 14.0. The highest BCUT2D eigenvalue weighted by Gasteiger charge is 2.48. The standard InChI is InChI=1S/C26H39N3O7/c1-14(2)21(28-25(34)36-26(5,6)7)24(33)29(18-12-15(18)3)22(23(32)27-13-20(31)35-8)17-9-10-19(30)16(4)11-17/h9-11,14-15,18,21-22,30H,12-13H2,1-8H3,(H,27,32)(H,28,34). The first kappa shape index (κ1) is 28.9. The molecule has 1 aromatic carbocycles. The van der Waals surface area contributed by atoms with Gasteiger partial charge in [0.25, 0.3) is 0 Å². The first-order chi connectivity index (χ1) is 16.7. The molecule has 1 aliphatic carbocycles. The Hall–Kier alpha value is -3.30. The molecule has 0 spiro atoms. The Morgan fingerprint density at radius 1 is 1.19 bits per heavy atom. The van der Waals surface area contributed by atoms with Crippen LogP contribution in [0.4, 0.5) is 4.79 Å². The summed E-state index contributed by atoms with van der Waals surface area (Å²) in [5.41, 5.74) is 0.251. The Labute approximate surface area is 212 Å². The van der Waals surface area contributed by atoms with Gasteiger partial charge in [-0.05, 0) is 69.2 Å². The van der Waals surface area contributed by atoms with Gasteiger partial charge in [-0.1, -0.05) is 26.8 Å². The van der Waals surface area contributed by atoms with Gasteiger partial charge in [0.1, 0.15) is 30.0 Å². The first-order valence-corrected chi connectivity index (χ1v) is 12.1. The molecule has 4 atom stereocenters. The molecule has 3 amide bonds. The van der Waals surface area contributed by atoms with Crippen molar-refractivity contribution in [1.29, 1.82) is 0 Å². The van der Waals surface area contributed by atoms with Gasteiger partial charge in [0.2, 0.25) is 11.8 Å². The molecule has 1 fully saturated rings. The van der Waals surface area contributed by atoms with Crippen LogP contribution in [0.3, 0.4) is 0 Å². The number of benzene rings is 1. The summed E-state index contributed by atoms with van der Waals surface area (Å²) >= 11 is 0. The van der Waals surface area contributed by atoms with Crippen molar-refractivity contribution in [2.24, 2.45) is 11.8 Å². The second-order valence-corrected chi connectivity index (χ2v) is 10.6. The Kier molecular flexibility index (Phi) is 9.34. The molecule has 200 valence electrons. The fourth-order valence-corrected chi connectivity index (χ4v) is 3.90. The van der Waals surface area contributed by atoms with Gasteiger partial charge in [-0.25, -0.2) is 4.79 Å². The van der Waals surface area contributed by atoms with Crippen molar-refractivity contribution < 1.29 is 33.8 Å². The van der Waals surface area contributed by atoms with Gasteiger partial charge in [-0.3, -0.25) is 14.4 Å². The van der Waals surface area contributed by atoms with E-state index in [9.17, 15) is 24.3 Å². The van der Waals surface area contributed by atoms with Gasteiger partial charge in [-0.15, -0.1) is 0 Å². The van der Waals surface area contributed by atoms with Gasteiger partial charge < -0.3 is 30.1 Å². The summed E-state index contributed by atoms with van der Waals surface area (Å²) in [6, 6.07) is 2.37. The van der Waals surface area contributed by atoms with Crippen molar-refractivity contribution in [3.05, 3.63) is 29.3 Å². The van der Waals surface area contributed by atoms with Crippen LogP contribution in [0.25, 0.3) is 0 Å². The number of amides is 3. The molecule has 10 nitrogen and oxygen atoms in total. The lowest BCUT2D eigenvalue weighted by Crippen LogP contribution is -2.56. The minimum absolute atomic E-state index is 0.0526. The second kappa shape index (κ2) is 11.6. The van der Waals surface area contributed by atoms with Crippen molar-refractivity contribution in [2.45, 2.75) is 78.6 Å². The molecule has 0 saturated heterocycles. The Morgan fingerprint density at radius 2 is 1.81 bits per heavy atom. The lowest BCUT2D eigenvalue weighted by Gasteiger charge is -2.36. The molecule has 0 bridgehead atoms. The number of rotatable bonds is 9. The number of phenols is 1. The zero-order valence-corrected chi connectivity index (χ0v) is 22.4. The fraction of sp³-hybridized carbons (Fsp3) is 0.615. The fourth-order valence-electron chi connectivity index (χ4n) is 3.90. The Bertz CT molecular complexity index is 986. The van der Waals surface area contributed by atoms with Crippen LogP contribution in [0.15, 0.2) is 18.2 Å². The quantitative estimate of drug-likeness (QED) is 0.439. The monoisotopic (exact) mass is 505 g/mol. The van der Waals surface area contributed by atoms with E-state index in [1.54, 1.807) is 53.7 Å². The lowest BCUT2D eigenvalue weighted by atomic mass is 9.97. The second-order valence-electron chi connectivity index (χ2n) is 10.6. The molecule has 0 heterocycles. The average molecular weight is 506 g/mol. The van der Waals surface area contributed by atoms with Crippen LogP contribution in [0.2, 0.25) is 0 Å². The topological polar surface area (TPSA) is 134 Å². The summed E-state index contributed by atoms with van der Waals surface area (Å²) in [7, 11) is 1.21. The normalized spacial score (nSPS) is 18.6. The number of hydrogen-bond donors (Lipinski definition) is 3. The predicted molar refractivity (Wildman–Crippen MR) is 133 cm³/mol. The number of carbonyl (C=O) groups is 4. The minimum atomic E-state index is -1.10. The minimum Gasteiger partial charge on any atom is -0.508 e. The van der Waals surface area contributed by atoms with Gasteiger partial charge in [0.15, 0.2) is 0 Å². The van der Waals surface area contributed by atoms with Crippen LogP contribution in [-0.2, 0) is 23.9 Å². The van der Waals surface area contributed by atoms with E-state index in [0.717, 1.165) is 0 Å². The predicted octanol–water partition coefficient (Wildman–Crippen LogP) is 2.82. The number of nitrogens with one attached hydrogen (secondary N) is 2. The van der Waals surface area contributed by atoms with Crippen LogP contribution in [0.1, 0.15) is 65.1 Å². The van der Waals surface area contributed by atoms with E-state index in [1.165, 1.54) is 18.1 Å². The molecule has 0 aromatic heterocycles. The molecule has 1 aromatic rings. The van der Waals surface area contributed by atoms with E-state index in [-0.39, 0.29) is 30.2 Å². The Balaban J connectivity index is 2.50. The SMILES string of the molecule is COC(=O)CNC(=O)C(c1ccc(O)c(C)c1)N(C(=O)C(NC(=O)OC(C)(C)C)C(C)C)C1CC1C. The molecule has 0 radical (unpaired) electrons. The maximum Gasteiger partial charge on any atom is 0.408 e. The molecule has 4 unspecified atom stereocenters. The van der Waals surface area contributed by atoms with E-state index in [4.69, 9.17) is 4.74 Å². The van der Waals surface area contributed by atoms with Crippen LogP contribution < -0.4 is 10.6 Å². The summed E-state index contributed by atoms with van der Waals surface area (Å²) in [4.78, 5) is 53.2. The highest BCUT2D eigenvalue weighted by atomic mass is 16.6. The number of methoxy groups -OCH3 is 1. The van der Waals surface area contributed by atoms with Gasteiger partial charge in [0, 0.05) is 6.04 Å². The van der Waals surface area contributed by atoms with Crippen molar-refractivity contribution in [3.8, 4) is 5.75 Å². The molecular formula is C26H39N3O7. The third-order valence-corrected chi connectivity index (χ3v) is 5.98. The number of carbonyl (C=O) groups excluding carboxylic acids is 4. The van der Waals surface area contributed by atoms with Crippen molar-refractivity contribution >= 4 is 23.9 Å². The van der Waals surface area contributed by atoms with Gasteiger partial charge in [-0.2, -0.15) is 0 Å². The maximum atomic E-state index is 14.0.